The first-order valence-corrected chi connectivity index (χ1v) is 6.73. The van der Waals surface area contributed by atoms with E-state index in [0.29, 0.717) is 0 Å². The molecule has 0 aliphatic carbocycles. The Labute approximate surface area is 121 Å². The molecule has 0 rings (SSSR count). The average Bonchev–Trinajstić information content (AvgIpc) is 2.42. The van der Waals surface area contributed by atoms with Crippen LogP contribution in [0.2, 0.25) is 0 Å². The highest BCUT2D eigenvalue weighted by molar-refractivity contribution is 5.99. The molecule has 0 radical (unpaired) electrons. The average molecular weight is 282 g/mol. The molecule has 0 atom stereocenters. The molecule has 0 aromatic carbocycles. The van der Waals surface area contributed by atoms with Gasteiger partial charge in [0, 0.05) is 0 Å². The van der Waals surface area contributed by atoms with Gasteiger partial charge < -0.3 is 9.47 Å². The Bertz CT molecular complexity index is 385. The maximum Gasteiger partial charge on any atom is 0.323 e. The third-order valence-corrected chi connectivity index (χ3v) is 3.22. The third-order valence-electron chi connectivity index (χ3n) is 3.22. The maximum atomic E-state index is 11.8. The lowest BCUT2D eigenvalue weighted by atomic mass is 9.86. The summed E-state index contributed by atoms with van der Waals surface area (Å²) in [6.07, 6.45) is 6.22. The van der Waals surface area contributed by atoms with Crippen LogP contribution in [0.15, 0.2) is 23.3 Å². The summed E-state index contributed by atoms with van der Waals surface area (Å²) in [5.74, 6) is -1.14. The summed E-state index contributed by atoms with van der Waals surface area (Å²) >= 11 is 0. The van der Waals surface area contributed by atoms with E-state index in [0.717, 1.165) is 18.4 Å². The molecule has 0 spiro atoms. The number of hydrogen-bond acceptors (Lipinski definition) is 4. The molecule has 0 aliphatic heterocycles. The van der Waals surface area contributed by atoms with Gasteiger partial charge in [0.15, 0.2) is 5.41 Å². The van der Waals surface area contributed by atoms with Crippen molar-refractivity contribution in [2.75, 3.05) is 14.2 Å². The number of esters is 2. The number of methoxy groups -OCH3 is 2. The highest BCUT2D eigenvalue weighted by atomic mass is 16.5. The Hall–Kier alpha value is -1.58. The van der Waals surface area contributed by atoms with Gasteiger partial charge in [0.2, 0.25) is 0 Å². The fourth-order valence-electron chi connectivity index (χ4n) is 1.77. The smallest absolute Gasteiger partial charge is 0.323 e. The summed E-state index contributed by atoms with van der Waals surface area (Å²) in [6.45, 7) is 7.66. The summed E-state index contributed by atoms with van der Waals surface area (Å²) in [5.41, 5.74) is 1.15. The van der Waals surface area contributed by atoms with Crippen molar-refractivity contribution in [2.24, 2.45) is 5.41 Å². The minimum atomic E-state index is -1.28. The van der Waals surface area contributed by atoms with Crippen LogP contribution in [0, 0.1) is 5.41 Å². The molecule has 0 aliphatic rings. The lowest BCUT2D eigenvalue weighted by Gasteiger charge is -2.22. The van der Waals surface area contributed by atoms with E-state index < -0.39 is 17.4 Å². The monoisotopic (exact) mass is 282 g/mol. The van der Waals surface area contributed by atoms with Crippen molar-refractivity contribution in [2.45, 2.75) is 47.0 Å². The molecule has 0 bridgehead atoms. The highest BCUT2D eigenvalue weighted by Gasteiger charge is 2.42. The number of allylic oxidation sites excluding steroid dienone is 4. The molecule has 4 nitrogen and oxygen atoms in total. The Morgan fingerprint density at radius 2 is 1.50 bits per heavy atom. The molecular weight excluding hydrogens is 256 g/mol. The van der Waals surface area contributed by atoms with Crippen LogP contribution >= 0.6 is 0 Å². The Morgan fingerprint density at radius 1 is 1.00 bits per heavy atom. The lowest BCUT2D eigenvalue weighted by Crippen LogP contribution is -2.38. The molecule has 0 heterocycles. The van der Waals surface area contributed by atoms with E-state index in [1.54, 1.807) is 6.92 Å². The predicted octanol–water partition coefficient (Wildman–Crippen LogP) is 3.42. The molecule has 0 aromatic rings. The number of carbonyl (C=O) groups is 2. The summed E-state index contributed by atoms with van der Waals surface area (Å²) in [5, 5.41) is 0. The predicted molar refractivity (Wildman–Crippen MR) is 79.2 cm³/mol. The molecule has 0 unspecified atom stereocenters. The van der Waals surface area contributed by atoms with Gasteiger partial charge in [-0.2, -0.15) is 0 Å². The van der Waals surface area contributed by atoms with E-state index in [9.17, 15) is 9.59 Å². The molecule has 20 heavy (non-hydrogen) atoms. The Kier molecular flexibility index (Phi) is 7.89. The standard InChI is InChI=1S/C16H26O4/c1-12(2)8-7-9-13(3)10-11-16(4,14(17)19-5)15(18)20-6/h8,10H,7,9,11H2,1-6H3/b13-10+. The number of carbonyl (C=O) groups excluding carboxylic acids is 2. The van der Waals surface area contributed by atoms with Crippen molar-refractivity contribution < 1.29 is 19.1 Å². The topological polar surface area (TPSA) is 52.6 Å². The van der Waals surface area contributed by atoms with Crippen molar-refractivity contribution in [3.63, 3.8) is 0 Å². The quantitative estimate of drug-likeness (QED) is 0.408. The fourth-order valence-corrected chi connectivity index (χ4v) is 1.77. The summed E-state index contributed by atoms with van der Waals surface area (Å²) in [4.78, 5) is 23.6. The van der Waals surface area contributed by atoms with E-state index in [4.69, 9.17) is 9.47 Å². The molecular formula is C16H26O4. The normalized spacial score (nSPS) is 11.8. The first-order valence-electron chi connectivity index (χ1n) is 6.73. The first-order chi connectivity index (χ1) is 9.27. The number of rotatable bonds is 7. The van der Waals surface area contributed by atoms with E-state index in [-0.39, 0.29) is 6.42 Å². The molecule has 0 aromatic heterocycles. The zero-order valence-electron chi connectivity index (χ0n) is 13.4. The van der Waals surface area contributed by atoms with E-state index in [1.807, 2.05) is 13.0 Å². The van der Waals surface area contributed by atoms with Gasteiger partial charge in [0.1, 0.15) is 0 Å². The van der Waals surface area contributed by atoms with Gasteiger partial charge in [0.25, 0.3) is 0 Å². The minimum Gasteiger partial charge on any atom is -0.468 e. The summed E-state index contributed by atoms with van der Waals surface area (Å²) in [6, 6.07) is 0. The summed E-state index contributed by atoms with van der Waals surface area (Å²) in [7, 11) is 2.55. The molecule has 0 N–H and O–H groups in total. The molecule has 114 valence electrons. The van der Waals surface area contributed by atoms with Crippen LogP contribution in [-0.2, 0) is 19.1 Å². The van der Waals surface area contributed by atoms with Crippen molar-refractivity contribution in [3.05, 3.63) is 23.3 Å². The third kappa shape index (κ3) is 5.59. The molecule has 4 heteroatoms. The maximum absolute atomic E-state index is 11.8. The largest absolute Gasteiger partial charge is 0.468 e. The second kappa shape index (κ2) is 8.56. The highest BCUT2D eigenvalue weighted by Crippen LogP contribution is 2.27. The van der Waals surface area contributed by atoms with Gasteiger partial charge in [-0.3, -0.25) is 9.59 Å². The molecule has 0 fully saturated rings. The van der Waals surface area contributed by atoms with Gasteiger partial charge in [-0.05, 0) is 47.0 Å². The van der Waals surface area contributed by atoms with E-state index in [1.165, 1.54) is 19.8 Å². The second-order valence-electron chi connectivity index (χ2n) is 5.39. The Morgan fingerprint density at radius 3 is 1.90 bits per heavy atom. The van der Waals surface area contributed by atoms with Gasteiger partial charge in [-0.15, -0.1) is 0 Å². The fraction of sp³-hybridized carbons (Fsp3) is 0.625. The molecule has 0 saturated heterocycles. The van der Waals surface area contributed by atoms with E-state index in [2.05, 4.69) is 19.9 Å². The van der Waals surface area contributed by atoms with Crippen LogP contribution in [0.3, 0.4) is 0 Å². The van der Waals surface area contributed by atoms with Gasteiger partial charge in [-0.25, -0.2) is 0 Å². The number of hydrogen-bond donors (Lipinski definition) is 0. The second-order valence-corrected chi connectivity index (χ2v) is 5.39. The number of ether oxygens (including phenoxy) is 2. The van der Waals surface area contributed by atoms with Crippen LogP contribution in [0.5, 0.6) is 0 Å². The van der Waals surface area contributed by atoms with Gasteiger partial charge >= 0.3 is 11.9 Å². The zero-order chi connectivity index (χ0) is 15.8. The van der Waals surface area contributed by atoms with Gasteiger partial charge in [-0.1, -0.05) is 23.3 Å². The van der Waals surface area contributed by atoms with Crippen LogP contribution < -0.4 is 0 Å². The molecule has 0 saturated carbocycles. The summed E-state index contributed by atoms with van der Waals surface area (Å²) < 4.78 is 9.41. The minimum absolute atomic E-state index is 0.285. The van der Waals surface area contributed by atoms with Crippen molar-refractivity contribution in [1.82, 2.24) is 0 Å². The van der Waals surface area contributed by atoms with Crippen LogP contribution in [0.25, 0.3) is 0 Å². The van der Waals surface area contributed by atoms with Crippen molar-refractivity contribution in [3.8, 4) is 0 Å². The van der Waals surface area contributed by atoms with E-state index >= 15 is 0 Å². The SMILES string of the molecule is COC(=O)C(C)(C/C=C(\C)CCC=C(C)C)C(=O)OC. The van der Waals surface area contributed by atoms with Crippen LogP contribution in [0.1, 0.15) is 47.0 Å². The van der Waals surface area contributed by atoms with Crippen molar-refractivity contribution >= 4 is 11.9 Å². The zero-order valence-corrected chi connectivity index (χ0v) is 13.4. The molecule has 0 amide bonds. The van der Waals surface area contributed by atoms with Crippen LogP contribution in [0.4, 0.5) is 0 Å². The first kappa shape index (κ1) is 18.4. The Balaban J connectivity index is 4.80. The van der Waals surface area contributed by atoms with Crippen LogP contribution in [-0.4, -0.2) is 26.2 Å². The van der Waals surface area contributed by atoms with Gasteiger partial charge in [0.05, 0.1) is 14.2 Å². The van der Waals surface area contributed by atoms with Crippen molar-refractivity contribution in [1.29, 1.82) is 0 Å². The lowest BCUT2D eigenvalue weighted by molar-refractivity contribution is -0.167.